The zero-order chi connectivity index (χ0) is 30.8. The van der Waals surface area contributed by atoms with Crippen LogP contribution in [-0.4, -0.2) is 117 Å². The molecule has 0 saturated heterocycles. The van der Waals surface area contributed by atoms with E-state index in [4.69, 9.17) is 31.9 Å². The van der Waals surface area contributed by atoms with Crippen molar-refractivity contribution in [3.8, 4) is 0 Å². The Morgan fingerprint density at radius 2 is 0.905 bits per heavy atom. The van der Waals surface area contributed by atoms with Gasteiger partial charge in [-0.1, -0.05) is 21.6 Å². The molecule has 4 atom stereocenters. The monoisotopic (exact) mass is 658 g/mol. The predicted octanol–water partition coefficient (Wildman–Crippen LogP) is -9.87. The van der Waals surface area contributed by atoms with Gasteiger partial charge in [-0.2, -0.15) is 0 Å². The molecular weight excluding hydrogens is 626 g/mol. The van der Waals surface area contributed by atoms with Crippen LogP contribution in [0.2, 0.25) is 0 Å². The fourth-order valence-electron chi connectivity index (χ4n) is 2.52. The van der Waals surface area contributed by atoms with Gasteiger partial charge in [0.15, 0.2) is 0 Å². The second kappa shape index (κ2) is 24.8. The number of hydrogen-bond acceptors (Lipinski definition) is 12. The Morgan fingerprint density at radius 1 is 0.595 bits per heavy atom. The summed E-state index contributed by atoms with van der Waals surface area (Å²) in [6.07, 6.45) is -1.12. The fraction of sp³-hybridized carbons (Fsp3) is 0.600. The van der Waals surface area contributed by atoms with Crippen LogP contribution in [0.3, 0.4) is 0 Å². The molecule has 0 aromatic heterocycles. The minimum atomic E-state index is -1.34. The van der Waals surface area contributed by atoms with Crippen molar-refractivity contribution in [2.24, 2.45) is 11.5 Å². The molecule has 0 unspecified atom stereocenters. The molecule has 0 radical (unpaired) electrons. The summed E-state index contributed by atoms with van der Waals surface area (Å²) >= 11 is 0. The Labute approximate surface area is 291 Å². The summed E-state index contributed by atoms with van der Waals surface area (Å²) in [6.45, 7) is -1.48. The Balaban J connectivity index is -0.00000760. The Bertz CT molecular complexity index is 891. The first-order valence-corrected chi connectivity index (χ1v) is 13.9. The maximum atomic E-state index is 12.4. The second-order valence-electron chi connectivity index (χ2n) is 8.00. The van der Waals surface area contributed by atoms with E-state index in [1.54, 1.807) is 0 Å². The van der Waals surface area contributed by atoms with Gasteiger partial charge in [0.1, 0.15) is 37.3 Å². The van der Waals surface area contributed by atoms with Crippen LogP contribution < -0.4 is 91.8 Å². The van der Waals surface area contributed by atoms with Crippen LogP contribution in [0.4, 0.5) is 0 Å². The minimum Gasteiger partial charge on any atom is -0.480 e. The third-order valence-electron chi connectivity index (χ3n) is 4.68. The van der Waals surface area contributed by atoms with Gasteiger partial charge in [0, 0.05) is 24.3 Å². The molecule has 12 N–H and O–H groups in total. The van der Waals surface area contributed by atoms with Crippen molar-refractivity contribution in [3.05, 3.63) is 0 Å². The van der Waals surface area contributed by atoms with Gasteiger partial charge < -0.3 is 53.2 Å². The second-order valence-corrected chi connectivity index (χ2v) is 10.6. The normalized spacial score (nSPS) is 12.9. The third kappa shape index (κ3) is 22.0. The van der Waals surface area contributed by atoms with Crippen LogP contribution >= 0.6 is 21.6 Å². The molecule has 4 amide bonds. The number of carbonyl (C=O) groups is 8. The van der Waals surface area contributed by atoms with Crippen LogP contribution in [0.1, 0.15) is 25.7 Å². The molecule has 0 saturated carbocycles. The number of nitrogens with two attached hydrogens (primary N) is 2. The third-order valence-corrected chi connectivity index (χ3v) is 7.11. The molecule has 0 fully saturated rings. The van der Waals surface area contributed by atoms with Gasteiger partial charge in [0.2, 0.25) is 23.6 Å². The van der Waals surface area contributed by atoms with E-state index in [1.807, 2.05) is 0 Å². The van der Waals surface area contributed by atoms with E-state index in [0.29, 0.717) is 0 Å². The number of carbonyl (C=O) groups excluding carboxylic acids is 4. The molecular formula is C20H32N6Na2O12S2+2. The van der Waals surface area contributed by atoms with Crippen LogP contribution in [-0.2, 0) is 38.4 Å². The van der Waals surface area contributed by atoms with E-state index in [2.05, 4.69) is 21.3 Å². The number of nitrogens with one attached hydrogen (secondary N) is 4. The molecule has 0 aliphatic carbocycles. The first-order chi connectivity index (χ1) is 18.6. The van der Waals surface area contributed by atoms with E-state index < -0.39 is 84.8 Å². The quantitative estimate of drug-likeness (QED) is 0.0311. The number of amides is 4. The molecule has 0 aromatic carbocycles. The molecule has 0 spiro atoms. The standard InChI is InChI=1S/C20H32N6O12S2.2Na/c21-9(19(35)36)1-3-13(27)25-11(17(33)23-5-15(29)30)7-39-40-8-12(18(34)24-6-16(31)32)26-14(28)4-2-10(22)20(37)38;;/h9-12H,1-8,21-22H2,(H,23,33)(H,24,34)(H,25,27)(H,26,28)(H,29,30)(H,31,32)(H,35,36)(H,37,38);;/q;2*+1/t9-,10-,11-,12-;;/m0../s1. The zero-order valence-electron chi connectivity index (χ0n) is 23.0. The van der Waals surface area contributed by atoms with E-state index in [1.165, 1.54) is 0 Å². The van der Waals surface area contributed by atoms with Gasteiger partial charge in [-0.05, 0) is 12.8 Å². The molecule has 22 heteroatoms. The van der Waals surface area contributed by atoms with Crippen LogP contribution in [0, 0.1) is 0 Å². The van der Waals surface area contributed by atoms with Crippen molar-refractivity contribution >= 4 is 69.1 Å². The average Bonchev–Trinajstić information content (AvgIpc) is 2.87. The Kier molecular flexibility index (Phi) is 26.4. The molecule has 0 bridgehead atoms. The zero-order valence-corrected chi connectivity index (χ0v) is 28.6. The number of aliphatic carboxylic acids is 4. The van der Waals surface area contributed by atoms with Crippen LogP contribution in [0.5, 0.6) is 0 Å². The van der Waals surface area contributed by atoms with Gasteiger partial charge >= 0.3 is 83.0 Å². The topological polar surface area (TPSA) is 318 Å². The minimum absolute atomic E-state index is 0. The van der Waals surface area contributed by atoms with Gasteiger partial charge in [-0.15, -0.1) is 0 Å². The summed E-state index contributed by atoms with van der Waals surface area (Å²) in [6, 6.07) is -5.16. The Hall–Kier alpha value is -1.62. The number of hydrogen-bond donors (Lipinski definition) is 10. The number of carboxylic acids is 4. The maximum Gasteiger partial charge on any atom is 1.00 e. The SMILES string of the molecule is N[C@@H](CCC(=O)N[C@@H](CSSC[C@H](NC(=O)CC[C@H](N)C(=O)O)C(=O)NCC(=O)O)C(=O)NCC(=O)O)C(=O)O.[Na+].[Na+]. The van der Waals surface area contributed by atoms with Crippen molar-refractivity contribution in [2.45, 2.75) is 49.9 Å². The molecule has 18 nitrogen and oxygen atoms in total. The maximum absolute atomic E-state index is 12.4. The predicted molar refractivity (Wildman–Crippen MR) is 140 cm³/mol. The molecule has 226 valence electrons. The van der Waals surface area contributed by atoms with Gasteiger partial charge in [-0.25, -0.2) is 0 Å². The van der Waals surface area contributed by atoms with Crippen molar-refractivity contribution in [2.75, 3.05) is 24.6 Å². The van der Waals surface area contributed by atoms with Crippen molar-refractivity contribution < 1.29 is 118 Å². The number of rotatable bonds is 21. The summed E-state index contributed by atoms with van der Waals surface area (Å²) in [7, 11) is 1.89. The molecule has 0 rings (SSSR count). The Morgan fingerprint density at radius 3 is 1.17 bits per heavy atom. The van der Waals surface area contributed by atoms with Gasteiger partial charge in [0.25, 0.3) is 0 Å². The molecule has 0 aliphatic heterocycles. The van der Waals surface area contributed by atoms with Gasteiger partial charge in [0.05, 0.1) is 0 Å². The molecule has 42 heavy (non-hydrogen) atoms. The smallest absolute Gasteiger partial charge is 0.480 e. The fourth-order valence-corrected chi connectivity index (χ4v) is 4.85. The van der Waals surface area contributed by atoms with Crippen molar-refractivity contribution in [1.29, 1.82) is 0 Å². The molecule has 0 aromatic rings. The first kappa shape index (κ1) is 44.8. The van der Waals surface area contributed by atoms with Crippen LogP contribution in [0.15, 0.2) is 0 Å². The summed E-state index contributed by atoms with van der Waals surface area (Å²) < 4.78 is 0. The van der Waals surface area contributed by atoms with Gasteiger partial charge in [-0.3, -0.25) is 38.4 Å². The molecule has 0 heterocycles. The first-order valence-electron chi connectivity index (χ1n) is 11.4. The van der Waals surface area contributed by atoms with E-state index >= 15 is 0 Å². The molecule has 0 aliphatic rings. The summed E-state index contributed by atoms with van der Waals surface area (Å²) in [4.78, 5) is 92.3. The number of carboxylic acid groups (broad SMARTS) is 4. The van der Waals surface area contributed by atoms with E-state index in [-0.39, 0.29) is 96.3 Å². The van der Waals surface area contributed by atoms with E-state index in [9.17, 15) is 38.4 Å². The van der Waals surface area contributed by atoms with Crippen LogP contribution in [0.25, 0.3) is 0 Å². The summed E-state index contributed by atoms with van der Waals surface area (Å²) in [5.41, 5.74) is 10.7. The average molecular weight is 659 g/mol. The van der Waals surface area contributed by atoms with Crippen molar-refractivity contribution in [3.63, 3.8) is 0 Å². The summed E-state index contributed by atoms with van der Waals surface area (Å²) in [5, 5.41) is 44.1. The summed E-state index contributed by atoms with van der Waals surface area (Å²) in [5.74, 6) is -8.81. The van der Waals surface area contributed by atoms with E-state index in [0.717, 1.165) is 21.6 Å². The van der Waals surface area contributed by atoms with Crippen molar-refractivity contribution in [1.82, 2.24) is 21.3 Å². The largest absolute Gasteiger partial charge is 1.00 e.